The van der Waals surface area contributed by atoms with E-state index in [0.29, 0.717) is 12.5 Å². The lowest BCUT2D eigenvalue weighted by Gasteiger charge is -2.35. The molecule has 3 fully saturated rings. The first-order valence-electron chi connectivity index (χ1n) is 8.19. The number of carbonyl (C=O) groups is 1. The van der Waals surface area contributed by atoms with Crippen molar-refractivity contribution in [3.63, 3.8) is 0 Å². The van der Waals surface area contributed by atoms with E-state index in [0.717, 1.165) is 43.9 Å². The molecule has 3 aliphatic rings. The third-order valence-corrected chi connectivity index (χ3v) is 4.88. The molecule has 0 aromatic carbocycles. The molecule has 0 spiro atoms. The van der Waals surface area contributed by atoms with Crippen LogP contribution in [0.5, 0.6) is 0 Å². The number of rotatable bonds is 4. The van der Waals surface area contributed by atoms with Crippen LogP contribution in [0.2, 0.25) is 0 Å². The summed E-state index contributed by atoms with van der Waals surface area (Å²) in [4.78, 5) is 28.9. The lowest BCUT2D eigenvalue weighted by molar-refractivity contribution is -0.140. The van der Waals surface area contributed by atoms with Gasteiger partial charge in [0.25, 0.3) is 0 Å². The first-order valence-corrected chi connectivity index (χ1v) is 8.19. The highest BCUT2D eigenvalue weighted by Gasteiger charge is 2.40. The van der Waals surface area contributed by atoms with E-state index in [9.17, 15) is 4.79 Å². The standard InChI is InChI=1S/C17H21N5O/c23-17-13-4-5-16(22(17)10-14-3-1-2-6-19-14)11-21(8-13)9-15-7-18-12-20-15/h1-3,6-7,12-13,16H,4-5,8-11H2,(H,18,20). The number of pyridine rings is 1. The van der Waals surface area contributed by atoms with Gasteiger partial charge in [-0.3, -0.25) is 14.7 Å². The zero-order valence-corrected chi connectivity index (χ0v) is 13.1. The van der Waals surface area contributed by atoms with Gasteiger partial charge in [-0.05, 0) is 25.0 Å². The molecule has 120 valence electrons. The van der Waals surface area contributed by atoms with Gasteiger partial charge in [0, 0.05) is 43.8 Å². The van der Waals surface area contributed by atoms with Gasteiger partial charge in [0.2, 0.25) is 5.91 Å². The van der Waals surface area contributed by atoms with E-state index in [2.05, 4.69) is 19.9 Å². The molecular weight excluding hydrogens is 290 g/mol. The van der Waals surface area contributed by atoms with Gasteiger partial charge >= 0.3 is 0 Å². The van der Waals surface area contributed by atoms with Crippen LogP contribution >= 0.6 is 0 Å². The maximum absolute atomic E-state index is 12.8. The van der Waals surface area contributed by atoms with Gasteiger partial charge < -0.3 is 9.88 Å². The molecule has 3 saturated heterocycles. The number of hydrogen-bond donors (Lipinski definition) is 1. The highest BCUT2D eigenvalue weighted by atomic mass is 16.2. The van der Waals surface area contributed by atoms with Gasteiger partial charge in [0.05, 0.1) is 24.5 Å². The summed E-state index contributed by atoms with van der Waals surface area (Å²) < 4.78 is 0. The van der Waals surface area contributed by atoms with Crippen molar-refractivity contribution in [3.05, 3.63) is 48.3 Å². The Morgan fingerprint density at radius 2 is 2.17 bits per heavy atom. The van der Waals surface area contributed by atoms with E-state index in [1.807, 2.05) is 29.3 Å². The molecule has 0 aliphatic carbocycles. The quantitative estimate of drug-likeness (QED) is 0.927. The lowest BCUT2D eigenvalue weighted by atomic mass is 9.94. The largest absolute Gasteiger partial charge is 0.347 e. The molecule has 2 unspecified atom stereocenters. The highest BCUT2D eigenvalue weighted by Crippen LogP contribution is 2.30. The fourth-order valence-corrected chi connectivity index (χ4v) is 3.75. The summed E-state index contributed by atoms with van der Waals surface area (Å²) in [6.45, 7) is 3.22. The van der Waals surface area contributed by atoms with Gasteiger partial charge in [-0.1, -0.05) is 6.07 Å². The van der Waals surface area contributed by atoms with Crippen LogP contribution in [0.15, 0.2) is 36.9 Å². The number of fused-ring (bicyclic) bond motifs is 4. The number of nitrogens with one attached hydrogen (secondary N) is 1. The minimum absolute atomic E-state index is 0.111. The predicted molar refractivity (Wildman–Crippen MR) is 85.2 cm³/mol. The Morgan fingerprint density at radius 1 is 1.22 bits per heavy atom. The molecule has 0 saturated carbocycles. The van der Waals surface area contributed by atoms with Crippen LogP contribution in [-0.2, 0) is 17.9 Å². The molecule has 6 nitrogen and oxygen atoms in total. The van der Waals surface area contributed by atoms with Crippen LogP contribution in [0.25, 0.3) is 0 Å². The van der Waals surface area contributed by atoms with Gasteiger partial charge in [0.1, 0.15) is 0 Å². The molecule has 2 aromatic rings. The molecule has 2 atom stereocenters. The van der Waals surface area contributed by atoms with Gasteiger partial charge in [-0.25, -0.2) is 4.98 Å². The number of aromatic nitrogens is 3. The molecule has 5 rings (SSSR count). The summed E-state index contributed by atoms with van der Waals surface area (Å²) in [7, 11) is 0. The average molecular weight is 311 g/mol. The van der Waals surface area contributed by atoms with Crippen molar-refractivity contribution in [2.24, 2.45) is 5.92 Å². The van der Waals surface area contributed by atoms with Crippen LogP contribution in [0.3, 0.4) is 0 Å². The van der Waals surface area contributed by atoms with Gasteiger partial charge in [-0.2, -0.15) is 0 Å². The van der Waals surface area contributed by atoms with Crippen molar-refractivity contribution >= 4 is 5.91 Å². The van der Waals surface area contributed by atoms with Crippen molar-refractivity contribution in [1.29, 1.82) is 0 Å². The normalized spacial score (nSPS) is 24.9. The van der Waals surface area contributed by atoms with Crippen LogP contribution in [-0.4, -0.2) is 49.8 Å². The smallest absolute Gasteiger partial charge is 0.227 e. The summed E-state index contributed by atoms with van der Waals surface area (Å²) in [5.41, 5.74) is 2.07. The molecule has 1 amide bonds. The average Bonchev–Trinajstić information content (AvgIpc) is 2.94. The van der Waals surface area contributed by atoms with Crippen molar-refractivity contribution < 1.29 is 4.79 Å². The Hall–Kier alpha value is -2.21. The third kappa shape index (κ3) is 2.99. The second-order valence-electron chi connectivity index (χ2n) is 6.49. The van der Waals surface area contributed by atoms with E-state index >= 15 is 0 Å². The second-order valence-corrected chi connectivity index (χ2v) is 6.49. The second kappa shape index (κ2) is 6.12. The Balaban J connectivity index is 1.51. The number of piperidine rings is 1. The number of H-pyrrole nitrogens is 1. The van der Waals surface area contributed by atoms with E-state index in [4.69, 9.17) is 0 Å². The Bertz CT molecular complexity index is 657. The number of hydrogen-bond acceptors (Lipinski definition) is 4. The van der Waals surface area contributed by atoms with Crippen molar-refractivity contribution in [2.45, 2.75) is 32.0 Å². The number of imidazole rings is 1. The third-order valence-electron chi connectivity index (χ3n) is 4.88. The van der Waals surface area contributed by atoms with E-state index in [1.54, 1.807) is 12.5 Å². The summed E-state index contributed by atoms with van der Waals surface area (Å²) in [5.74, 6) is 0.402. The summed E-state index contributed by atoms with van der Waals surface area (Å²) in [5, 5.41) is 0. The minimum atomic E-state index is 0.111. The SMILES string of the molecule is O=C1C2CCC(CN(Cc3cnc[nH]3)C2)N1Cc1ccccn1. The molecule has 2 aromatic heterocycles. The summed E-state index contributed by atoms with van der Waals surface area (Å²) in [6.07, 6.45) is 7.45. The predicted octanol–water partition coefficient (Wildman–Crippen LogP) is 1.43. The van der Waals surface area contributed by atoms with Crippen LogP contribution in [0.4, 0.5) is 0 Å². The summed E-state index contributed by atoms with van der Waals surface area (Å²) >= 11 is 0. The monoisotopic (exact) mass is 311 g/mol. The maximum Gasteiger partial charge on any atom is 0.227 e. The molecule has 2 bridgehead atoms. The van der Waals surface area contributed by atoms with E-state index < -0.39 is 0 Å². The zero-order valence-electron chi connectivity index (χ0n) is 13.1. The molecule has 5 heterocycles. The fourth-order valence-electron chi connectivity index (χ4n) is 3.75. The first kappa shape index (κ1) is 14.4. The number of carbonyl (C=O) groups excluding carboxylic acids is 1. The molecule has 0 radical (unpaired) electrons. The topological polar surface area (TPSA) is 65.1 Å². The Morgan fingerprint density at radius 3 is 2.96 bits per heavy atom. The number of amides is 1. The Kier molecular flexibility index (Phi) is 3.83. The van der Waals surface area contributed by atoms with E-state index in [-0.39, 0.29) is 12.0 Å². The molecular formula is C17H21N5O. The lowest BCUT2D eigenvalue weighted by Crippen LogP contribution is -2.47. The van der Waals surface area contributed by atoms with Crippen LogP contribution < -0.4 is 0 Å². The van der Waals surface area contributed by atoms with E-state index in [1.165, 1.54) is 0 Å². The van der Waals surface area contributed by atoms with Crippen molar-refractivity contribution in [1.82, 2.24) is 24.8 Å². The van der Waals surface area contributed by atoms with Crippen LogP contribution in [0.1, 0.15) is 24.2 Å². The van der Waals surface area contributed by atoms with Crippen LogP contribution in [0, 0.1) is 5.92 Å². The summed E-state index contributed by atoms with van der Waals surface area (Å²) in [6, 6.07) is 6.17. The zero-order chi connectivity index (χ0) is 15.6. The number of aromatic amines is 1. The Labute approximate surface area is 135 Å². The molecule has 3 aliphatic heterocycles. The fraction of sp³-hybridized carbons (Fsp3) is 0.471. The van der Waals surface area contributed by atoms with Crippen molar-refractivity contribution in [3.8, 4) is 0 Å². The maximum atomic E-state index is 12.8. The molecule has 1 N–H and O–H groups in total. The highest BCUT2D eigenvalue weighted by molar-refractivity contribution is 5.80. The molecule has 6 heteroatoms. The van der Waals surface area contributed by atoms with Gasteiger partial charge in [0.15, 0.2) is 0 Å². The van der Waals surface area contributed by atoms with Gasteiger partial charge in [-0.15, -0.1) is 0 Å². The molecule has 23 heavy (non-hydrogen) atoms. The first-order chi connectivity index (χ1) is 11.3. The van der Waals surface area contributed by atoms with Crippen molar-refractivity contribution in [2.75, 3.05) is 13.1 Å². The number of nitrogens with zero attached hydrogens (tertiary/aromatic N) is 4. The minimum Gasteiger partial charge on any atom is -0.347 e.